The van der Waals surface area contributed by atoms with Gasteiger partial charge >= 0.3 is 0 Å². The van der Waals surface area contributed by atoms with Crippen molar-refractivity contribution in [3.63, 3.8) is 0 Å². The summed E-state index contributed by atoms with van der Waals surface area (Å²) >= 11 is 0. The van der Waals surface area contributed by atoms with E-state index in [-0.39, 0.29) is 11.5 Å². The molecule has 0 radical (unpaired) electrons. The topological polar surface area (TPSA) is 71.6 Å². The minimum absolute atomic E-state index is 0.0920. The fraction of sp³-hybridized carbons (Fsp3) is 0.292. The van der Waals surface area contributed by atoms with Gasteiger partial charge in [-0.2, -0.15) is 5.10 Å². The first-order valence-corrected chi connectivity index (χ1v) is 10.5. The van der Waals surface area contributed by atoms with Crippen LogP contribution in [0.1, 0.15) is 18.5 Å². The third-order valence-corrected chi connectivity index (χ3v) is 5.48. The maximum absolute atomic E-state index is 13.0. The van der Waals surface area contributed by atoms with E-state index >= 15 is 0 Å². The molecule has 3 heterocycles. The average Bonchev–Trinajstić information content (AvgIpc) is 3.35. The Morgan fingerprint density at radius 3 is 2.55 bits per heavy atom. The molecule has 1 saturated heterocycles. The van der Waals surface area contributed by atoms with E-state index in [0.717, 1.165) is 19.6 Å². The van der Waals surface area contributed by atoms with Crippen LogP contribution in [-0.2, 0) is 4.79 Å². The summed E-state index contributed by atoms with van der Waals surface area (Å²) < 4.78 is 6.60. The molecule has 7 nitrogen and oxygen atoms in total. The molecular weight excluding hydrogens is 392 g/mol. The van der Waals surface area contributed by atoms with Crippen LogP contribution in [0.15, 0.2) is 76.1 Å². The predicted molar refractivity (Wildman–Crippen MR) is 119 cm³/mol. The second-order valence-electron chi connectivity index (χ2n) is 7.59. The van der Waals surface area contributed by atoms with Crippen molar-refractivity contribution in [2.45, 2.75) is 13.0 Å². The van der Waals surface area contributed by atoms with Crippen LogP contribution in [-0.4, -0.2) is 58.2 Å². The van der Waals surface area contributed by atoms with Crippen LogP contribution >= 0.6 is 0 Å². The highest BCUT2D eigenvalue weighted by Crippen LogP contribution is 2.17. The Kier molecular flexibility index (Phi) is 6.43. The summed E-state index contributed by atoms with van der Waals surface area (Å²) in [5, 5.41) is 4.36. The quantitative estimate of drug-likeness (QED) is 0.616. The average molecular weight is 418 g/mol. The number of furan rings is 1. The first-order chi connectivity index (χ1) is 15.1. The minimum atomic E-state index is -0.674. The van der Waals surface area contributed by atoms with Crippen molar-refractivity contribution < 1.29 is 9.21 Å². The molecule has 0 bridgehead atoms. The van der Waals surface area contributed by atoms with E-state index in [2.05, 4.69) is 34.3 Å². The summed E-state index contributed by atoms with van der Waals surface area (Å²) in [6.45, 7) is 5.43. The summed E-state index contributed by atoms with van der Waals surface area (Å²) in [6, 6.07) is 16.1. The van der Waals surface area contributed by atoms with Gasteiger partial charge in [0.05, 0.1) is 6.26 Å². The Bertz CT molecular complexity index is 1080. The SMILES string of the molecule is CC(C(=O)N1CCN(C/C=C/c2ccccc2)CC1)n1nc(-c2ccco2)ccc1=O. The van der Waals surface area contributed by atoms with E-state index in [0.29, 0.717) is 24.5 Å². The number of carbonyl (C=O) groups excluding carboxylic acids is 1. The summed E-state index contributed by atoms with van der Waals surface area (Å²) in [5.41, 5.74) is 1.40. The summed E-state index contributed by atoms with van der Waals surface area (Å²) in [7, 11) is 0. The largest absolute Gasteiger partial charge is 0.463 e. The van der Waals surface area contributed by atoms with Gasteiger partial charge in [0.2, 0.25) is 5.91 Å². The molecule has 7 heteroatoms. The number of piperazine rings is 1. The molecule has 1 atom stereocenters. The maximum Gasteiger partial charge on any atom is 0.267 e. The highest BCUT2D eigenvalue weighted by molar-refractivity contribution is 5.80. The second kappa shape index (κ2) is 9.57. The number of hydrogen-bond acceptors (Lipinski definition) is 5. The molecule has 1 amide bonds. The molecule has 0 N–H and O–H groups in total. The fourth-order valence-electron chi connectivity index (χ4n) is 3.68. The Hall–Kier alpha value is -3.45. The number of amides is 1. The number of carbonyl (C=O) groups is 1. The van der Waals surface area contributed by atoms with E-state index in [9.17, 15) is 9.59 Å². The lowest BCUT2D eigenvalue weighted by Gasteiger charge is -2.35. The van der Waals surface area contributed by atoms with E-state index in [1.54, 1.807) is 31.4 Å². The Morgan fingerprint density at radius 1 is 1.06 bits per heavy atom. The zero-order chi connectivity index (χ0) is 21.6. The van der Waals surface area contributed by atoms with E-state index in [1.165, 1.54) is 16.3 Å². The van der Waals surface area contributed by atoms with Gasteiger partial charge in [-0.05, 0) is 30.7 Å². The number of benzene rings is 1. The Labute approximate surface area is 181 Å². The minimum Gasteiger partial charge on any atom is -0.463 e. The van der Waals surface area contributed by atoms with Crippen molar-refractivity contribution in [1.82, 2.24) is 19.6 Å². The molecule has 2 aromatic heterocycles. The van der Waals surface area contributed by atoms with Crippen molar-refractivity contribution in [3.8, 4) is 11.5 Å². The number of hydrogen-bond donors (Lipinski definition) is 0. The molecule has 4 rings (SSSR count). The van der Waals surface area contributed by atoms with Crippen molar-refractivity contribution >= 4 is 12.0 Å². The van der Waals surface area contributed by atoms with Crippen molar-refractivity contribution in [1.29, 1.82) is 0 Å². The predicted octanol–water partition coefficient (Wildman–Crippen LogP) is 2.92. The molecule has 1 unspecified atom stereocenters. The normalized spacial score (nSPS) is 16.0. The van der Waals surface area contributed by atoms with Crippen molar-refractivity contribution in [3.05, 3.63) is 82.9 Å². The van der Waals surface area contributed by atoms with Gasteiger partial charge in [0, 0.05) is 38.8 Å². The molecule has 1 aromatic carbocycles. The van der Waals surface area contributed by atoms with Crippen LogP contribution in [0.2, 0.25) is 0 Å². The van der Waals surface area contributed by atoms with Gasteiger partial charge in [0.25, 0.3) is 5.56 Å². The van der Waals surface area contributed by atoms with Gasteiger partial charge in [-0.3, -0.25) is 14.5 Å². The molecule has 1 fully saturated rings. The summed E-state index contributed by atoms with van der Waals surface area (Å²) in [4.78, 5) is 29.5. The maximum atomic E-state index is 13.0. The van der Waals surface area contributed by atoms with Gasteiger partial charge in [-0.15, -0.1) is 0 Å². The first-order valence-electron chi connectivity index (χ1n) is 10.5. The highest BCUT2D eigenvalue weighted by atomic mass is 16.3. The Balaban J connectivity index is 1.35. The number of aromatic nitrogens is 2. The lowest BCUT2D eigenvalue weighted by molar-refractivity contribution is -0.136. The second-order valence-corrected chi connectivity index (χ2v) is 7.59. The van der Waals surface area contributed by atoms with E-state index < -0.39 is 6.04 Å². The van der Waals surface area contributed by atoms with Gasteiger partial charge in [-0.1, -0.05) is 42.5 Å². The van der Waals surface area contributed by atoms with Crippen molar-refractivity contribution in [2.75, 3.05) is 32.7 Å². The lowest BCUT2D eigenvalue weighted by Crippen LogP contribution is -2.51. The fourth-order valence-corrected chi connectivity index (χ4v) is 3.68. The monoisotopic (exact) mass is 418 g/mol. The first kappa shape index (κ1) is 20.8. The van der Waals surface area contributed by atoms with Crippen LogP contribution in [0.5, 0.6) is 0 Å². The third-order valence-electron chi connectivity index (χ3n) is 5.48. The van der Waals surface area contributed by atoms with Gasteiger partial charge in [0.1, 0.15) is 11.7 Å². The molecule has 1 aliphatic heterocycles. The van der Waals surface area contributed by atoms with Crippen LogP contribution in [0, 0.1) is 0 Å². The van der Waals surface area contributed by atoms with Gasteiger partial charge in [-0.25, -0.2) is 4.68 Å². The van der Waals surface area contributed by atoms with E-state index in [4.69, 9.17) is 4.42 Å². The Morgan fingerprint density at radius 2 is 1.84 bits per heavy atom. The molecule has 1 aliphatic rings. The molecule has 0 aliphatic carbocycles. The lowest BCUT2D eigenvalue weighted by atomic mass is 10.2. The van der Waals surface area contributed by atoms with Crippen LogP contribution < -0.4 is 5.56 Å². The molecule has 160 valence electrons. The highest BCUT2D eigenvalue weighted by Gasteiger charge is 2.27. The number of rotatable bonds is 6. The zero-order valence-corrected chi connectivity index (χ0v) is 17.6. The van der Waals surface area contributed by atoms with Gasteiger partial charge in [0.15, 0.2) is 5.76 Å². The molecule has 0 spiro atoms. The molecule has 3 aromatic rings. The smallest absolute Gasteiger partial charge is 0.267 e. The molecule has 0 saturated carbocycles. The third kappa shape index (κ3) is 5.00. The summed E-state index contributed by atoms with van der Waals surface area (Å²) in [6.07, 6.45) is 5.82. The van der Waals surface area contributed by atoms with Crippen molar-refractivity contribution in [2.24, 2.45) is 0 Å². The standard InChI is InChI=1S/C24H26N4O3/c1-19(28-23(29)12-11-21(25-28)22-10-6-18-31-22)24(30)27-16-14-26(15-17-27)13-5-9-20-7-3-2-4-8-20/h2-12,18-19H,13-17H2,1H3/b9-5+. The number of nitrogens with zero attached hydrogens (tertiary/aromatic N) is 4. The zero-order valence-electron chi connectivity index (χ0n) is 17.6. The molecule has 31 heavy (non-hydrogen) atoms. The molecular formula is C24H26N4O3. The van der Waals surface area contributed by atoms with Crippen LogP contribution in [0.4, 0.5) is 0 Å². The summed E-state index contributed by atoms with van der Waals surface area (Å²) in [5.74, 6) is 0.469. The van der Waals surface area contributed by atoms with Gasteiger partial charge < -0.3 is 9.32 Å². The van der Waals surface area contributed by atoms with E-state index in [1.807, 2.05) is 23.1 Å². The van der Waals surface area contributed by atoms with Crippen LogP contribution in [0.25, 0.3) is 17.5 Å². The van der Waals surface area contributed by atoms with Crippen LogP contribution in [0.3, 0.4) is 0 Å².